The average Bonchev–Trinajstić information content (AvgIpc) is 3.17. The number of nitro groups is 2. The second-order valence-electron chi connectivity index (χ2n) is 6.59. The normalized spacial score (nSPS) is 10.4. The summed E-state index contributed by atoms with van der Waals surface area (Å²) in [5.41, 5.74) is 1.11. The van der Waals surface area contributed by atoms with E-state index in [9.17, 15) is 29.8 Å². The average molecular weight is 455 g/mol. The molecule has 3 rings (SSSR count). The number of rotatable bonds is 7. The molecule has 0 fully saturated rings. The number of thiophene rings is 1. The number of nitro benzene ring substituents is 2. The predicted octanol–water partition coefficient (Wildman–Crippen LogP) is 4.97. The molecule has 1 heterocycles. The molecule has 0 atom stereocenters. The Bertz CT molecular complexity index is 1240. The van der Waals surface area contributed by atoms with Crippen LogP contribution in [0.15, 0.2) is 47.8 Å². The third-order valence-electron chi connectivity index (χ3n) is 4.52. The molecule has 2 aromatic carbocycles. The Morgan fingerprint density at radius 2 is 1.84 bits per heavy atom. The molecule has 0 aliphatic carbocycles. The highest BCUT2D eigenvalue weighted by Gasteiger charge is 2.24. The van der Waals surface area contributed by atoms with Crippen LogP contribution in [0.4, 0.5) is 16.4 Å². The maximum absolute atomic E-state index is 12.8. The van der Waals surface area contributed by atoms with E-state index in [-0.39, 0.29) is 34.1 Å². The summed E-state index contributed by atoms with van der Waals surface area (Å²) < 4.78 is 5.12. The number of hydrogen-bond donors (Lipinski definition) is 1. The van der Waals surface area contributed by atoms with E-state index in [1.165, 1.54) is 43.3 Å². The minimum absolute atomic E-state index is 0.0735. The number of amides is 1. The van der Waals surface area contributed by atoms with E-state index in [1.54, 1.807) is 18.4 Å². The van der Waals surface area contributed by atoms with Gasteiger partial charge >= 0.3 is 5.97 Å². The van der Waals surface area contributed by atoms with Crippen LogP contribution >= 0.6 is 11.3 Å². The maximum atomic E-state index is 12.8. The highest BCUT2D eigenvalue weighted by atomic mass is 32.1. The Kier molecular flexibility index (Phi) is 6.59. The van der Waals surface area contributed by atoms with Crippen molar-refractivity contribution in [3.05, 3.63) is 84.8 Å². The molecular formula is C21H17N3O7S. The van der Waals surface area contributed by atoms with Gasteiger partial charge in [-0.25, -0.2) is 4.79 Å². The molecule has 0 saturated carbocycles. The lowest BCUT2D eigenvalue weighted by atomic mass is 10.0. The summed E-state index contributed by atoms with van der Waals surface area (Å²) in [7, 11) is 0. The number of ether oxygens (including phenoxy) is 1. The van der Waals surface area contributed by atoms with Gasteiger partial charge in [-0.2, -0.15) is 0 Å². The molecule has 32 heavy (non-hydrogen) atoms. The van der Waals surface area contributed by atoms with Crippen LogP contribution in [0.5, 0.6) is 0 Å². The van der Waals surface area contributed by atoms with Crippen LogP contribution in [0.1, 0.15) is 33.2 Å². The first-order chi connectivity index (χ1) is 15.2. The first-order valence-corrected chi connectivity index (χ1v) is 10.2. The molecule has 3 aromatic rings. The predicted molar refractivity (Wildman–Crippen MR) is 118 cm³/mol. The summed E-state index contributed by atoms with van der Waals surface area (Å²) in [6.07, 6.45) is 0. The van der Waals surface area contributed by atoms with E-state index < -0.39 is 21.7 Å². The van der Waals surface area contributed by atoms with Crippen molar-refractivity contribution in [1.82, 2.24) is 0 Å². The van der Waals surface area contributed by atoms with Gasteiger partial charge in [-0.1, -0.05) is 12.1 Å². The van der Waals surface area contributed by atoms with E-state index in [2.05, 4.69) is 5.32 Å². The minimum atomic E-state index is -0.689. The molecule has 1 aromatic heterocycles. The second kappa shape index (κ2) is 9.35. The molecule has 10 nitrogen and oxygen atoms in total. The van der Waals surface area contributed by atoms with Gasteiger partial charge in [0.15, 0.2) is 0 Å². The second-order valence-corrected chi connectivity index (χ2v) is 7.47. The van der Waals surface area contributed by atoms with E-state index in [0.717, 1.165) is 11.3 Å². The zero-order valence-electron chi connectivity index (χ0n) is 17.0. The Morgan fingerprint density at radius 3 is 2.47 bits per heavy atom. The molecule has 0 saturated heterocycles. The van der Waals surface area contributed by atoms with E-state index >= 15 is 0 Å². The number of hydrogen-bond acceptors (Lipinski definition) is 8. The number of esters is 1. The smallest absolute Gasteiger partial charge is 0.341 e. The van der Waals surface area contributed by atoms with E-state index in [1.807, 2.05) is 0 Å². The van der Waals surface area contributed by atoms with Gasteiger partial charge in [0.2, 0.25) is 0 Å². The first-order valence-electron chi connectivity index (χ1n) is 9.32. The van der Waals surface area contributed by atoms with Crippen molar-refractivity contribution < 1.29 is 24.2 Å². The lowest BCUT2D eigenvalue weighted by Gasteiger charge is -2.09. The van der Waals surface area contributed by atoms with Crippen LogP contribution in [-0.4, -0.2) is 28.3 Å². The highest BCUT2D eigenvalue weighted by Crippen LogP contribution is 2.37. The molecule has 0 aliphatic rings. The molecule has 0 bridgehead atoms. The zero-order valence-corrected chi connectivity index (χ0v) is 17.8. The van der Waals surface area contributed by atoms with Gasteiger partial charge in [0.25, 0.3) is 17.3 Å². The van der Waals surface area contributed by atoms with Gasteiger partial charge in [-0.3, -0.25) is 25.0 Å². The lowest BCUT2D eigenvalue weighted by Crippen LogP contribution is -2.15. The Morgan fingerprint density at radius 1 is 1.09 bits per heavy atom. The summed E-state index contributed by atoms with van der Waals surface area (Å²) in [5.74, 6) is -1.26. The Labute approximate surface area is 185 Å². The van der Waals surface area contributed by atoms with Gasteiger partial charge in [-0.15, -0.1) is 11.3 Å². The van der Waals surface area contributed by atoms with Crippen molar-refractivity contribution in [1.29, 1.82) is 0 Å². The van der Waals surface area contributed by atoms with Crippen molar-refractivity contribution in [2.24, 2.45) is 0 Å². The van der Waals surface area contributed by atoms with E-state index in [0.29, 0.717) is 16.7 Å². The quantitative estimate of drug-likeness (QED) is 0.301. The molecule has 11 heteroatoms. The number of non-ortho nitro benzene ring substituents is 1. The zero-order chi connectivity index (χ0) is 23.4. The van der Waals surface area contributed by atoms with E-state index in [4.69, 9.17) is 4.74 Å². The SMILES string of the molecule is CCOC(=O)c1c(-c2cccc([N+](=O)[O-])c2)csc1NC(=O)c1ccc([N+](=O)[O-])c(C)c1. The topological polar surface area (TPSA) is 142 Å². The van der Waals surface area contributed by atoms with Crippen molar-refractivity contribution in [3.63, 3.8) is 0 Å². The van der Waals surface area contributed by atoms with Crippen LogP contribution < -0.4 is 5.32 Å². The molecule has 1 N–H and O–H groups in total. The van der Waals surface area contributed by atoms with Gasteiger partial charge in [0.1, 0.15) is 10.6 Å². The third kappa shape index (κ3) is 4.62. The van der Waals surface area contributed by atoms with Crippen molar-refractivity contribution in [3.8, 4) is 11.1 Å². The largest absolute Gasteiger partial charge is 0.462 e. The summed E-state index contributed by atoms with van der Waals surface area (Å²) >= 11 is 1.06. The number of aryl methyl sites for hydroxylation is 1. The van der Waals surface area contributed by atoms with Crippen LogP contribution in [0, 0.1) is 27.2 Å². The monoisotopic (exact) mass is 455 g/mol. The fourth-order valence-corrected chi connectivity index (χ4v) is 3.98. The summed E-state index contributed by atoms with van der Waals surface area (Å²) in [6.45, 7) is 3.25. The Hall–Kier alpha value is -4.12. The third-order valence-corrected chi connectivity index (χ3v) is 5.42. The van der Waals surface area contributed by atoms with Gasteiger partial charge in [0.05, 0.1) is 16.5 Å². The molecule has 0 spiro atoms. The number of carbonyl (C=O) groups is 2. The van der Waals surface area contributed by atoms with Crippen LogP contribution in [0.25, 0.3) is 11.1 Å². The fraction of sp³-hybridized carbons (Fsp3) is 0.143. The number of carbonyl (C=O) groups excluding carboxylic acids is 2. The maximum Gasteiger partial charge on any atom is 0.341 e. The van der Waals surface area contributed by atoms with Gasteiger partial charge in [0, 0.05) is 40.3 Å². The molecule has 0 unspecified atom stereocenters. The van der Waals surface area contributed by atoms with Crippen molar-refractivity contribution in [2.75, 3.05) is 11.9 Å². The highest BCUT2D eigenvalue weighted by molar-refractivity contribution is 7.15. The molecule has 164 valence electrons. The molecule has 0 radical (unpaired) electrons. The Balaban J connectivity index is 2.00. The van der Waals surface area contributed by atoms with Gasteiger partial charge in [-0.05, 0) is 31.5 Å². The molecule has 1 amide bonds. The number of anilines is 1. The molecule has 0 aliphatic heterocycles. The van der Waals surface area contributed by atoms with Crippen molar-refractivity contribution >= 4 is 39.6 Å². The lowest BCUT2D eigenvalue weighted by molar-refractivity contribution is -0.385. The van der Waals surface area contributed by atoms with Crippen LogP contribution in [0.3, 0.4) is 0 Å². The number of benzene rings is 2. The van der Waals surface area contributed by atoms with Crippen LogP contribution in [-0.2, 0) is 4.74 Å². The number of nitrogens with one attached hydrogen (secondary N) is 1. The fourth-order valence-electron chi connectivity index (χ4n) is 3.03. The first kappa shape index (κ1) is 22.6. The molecular weight excluding hydrogens is 438 g/mol. The summed E-state index contributed by atoms with van der Waals surface area (Å²) in [6, 6.07) is 9.71. The summed E-state index contributed by atoms with van der Waals surface area (Å²) in [5, 5.41) is 26.6. The van der Waals surface area contributed by atoms with Crippen LogP contribution in [0.2, 0.25) is 0 Å². The van der Waals surface area contributed by atoms with Gasteiger partial charge < -0.3 is 10.1 Å². The minimum Gasteiger partial charge on any atom is -0.462 e. The number of nitrogens with zero attached hydrogens (tertiary/aromatic N) is 2. The van der Waals surface area contributed by atoms with Crippen molar-refractivity contribution in [2.45, 2.75) is 13.8 Å². The standard InChI is InChI=1S/C21H17N3O7S/c1-3-31-21(26)18-16(13-5-4-6-15(10-13)23(27)28)11-32-20(18)22-19(25)14-7-8-17(24(29)30)12(2)9-14/h4-11H,3H2,1-2H3,(H,22,25). The summed E-state index contributed by atoms with van der Waals surface area (Å²) in [4.78, 5) is 46.4.